The maximum atomic E-state index is 14.1. The van der Waals surface area contributed by atoms with Gasteiger partial charge in [0.2, 0.25) is 5.96 Å². The van der Waals surface area contributed by atoms with Crippen molar-refractivity contribution in [3.05, 3.63) is 83.2 Å². The summed E-state index contributed by atoms with van der Waals surface area (Å²) in [6.45, 7) is 0.306. The maximum Gasteiger partial charge on any atom is 0.416 e. The number of fused-ring (bicyclic) bond motifs is 2. The zero-order valence-electron chi connectivity index (χ0n) is 19.6. The summed E-state index contributed by atoms with van der Waals surface area (Å²) >= 11 is 0. The minimum absolute atomic E-state index is 0.0657. The number of aliphatic imine (C=N–C) groups is 1. The Labute approximate surface area is 206 Å². The Morgan fingerprint density at radius 2 is 1.75 bits per heavy atom. The van der Waals surface area contributed by atoms with E-state index in [1.807, 2.05) is 12.1 Å². The quantitative estimate of drug-likeness (QED) is 0.433. The zero-order chi connectivity index (χ0) is 25.5. The van der Waals surface area contributed by atoms with Gasteiger partial charge in [0.25, 0.3) is 0 Å². The minimum atomic E-state index is -4.68. The largest absolute Gasteiger partial charge is 0.481 e. The number of benzene rings is 3. The van der Waals surface area contributed by atoms with Crippen LogP contribution in [0.4, 0.5) is 17.6 Å². The van der Waals surface area contributed by atoms with E-state index < -0.39 is 23.2 Å². The van der Waals surface area contributed by atoms with Gasteiger partial charge >= 0.3 is 6.18 Å². The van der Waals surface area contributed by atoms with Crippen LogP contribution >= 0.6 is 0 Å². The normalized spacial score (nSPS) is 20.0. The summed E-state index contributed by atoms with van der Waals surface area (Å²) in [7, 11) is 1.58. The summed E-state index contributed by atoms with van der Waals surface area (Å²) in [5.41, 5.74) is 7.25. The number of nitrogens with zero attached hydrogens (tertiary/aromatic N) is 2. The highest BCUT2D eigenvalue weighted by atomic mass is 19.4. The summed E-state index contributed by atoms with van der Waals surface area (Å²) in [6.07, 6.45) is -1.53. The van der Waals surface area contributed by atoms with Crippen molar-refractivity contribution in [1.29, 1.82) is 0 Å². The molecule has 0 bridgehead atoms. The molecule has 0 aromatic heterocycles. The van der Waals surface area contributed by atoms with Crippen molar-refractivity contribution in [3.8, 4) is 22.6 Å². The van der Waals surface area contributed by atoms with Gasteiger partial charge in [0, 0.05) is 13.5 Å². The van der Waals surface area contributed by atoms with Gasteiger partial charge in [-0.15, -0.1) is 0 Å². The lowest BCUT2D eigenvalue weighted by molar-refractivity contribution is -0.137. The van der Waals surface area contributed by atoms with Gasteiger partial charge in [-0.25, -0.2) is 9.38 Å². The molecule has 2 N–H and O–H groups in total. The predicted molar refractivity (Wildman–Crippen MR) is 128 cm³/mol. The fourth-order valence-corrected chi connectivity index (χ4v) is 4.78. The molecule has 0 radical (unpaired) electrons. The lowest BCUT2D eigenvalue weighted by atomic mass is 9.91. The number of ether oxygens (including phenoxy) is 1. The Balaban J connectivity index is 1.57. The second kappa shape index (κ2) is 9.04. The minimum Gasteiger partial charge on any atom is -0.481 e. The van der Waals surface area contributed by atoms with Gasteiger partial charge in [-0.2, -0.15) is 18.2 Å². The third-order valence-corrected chi connectivity index (χ3v) is 6.63. The molecule has 2 aliphatic rings. The van der Waals surface area contributed by atoms with E-state index in [1.165, 1.54) is 22.3 Å². The van der Waals surface area contributed by atoms with Crippen LogP contribution in [0, 0.1) is 5.82 Å². The van der Waals surface area contributed by atoms with Gasteiger partial charge in [0.15, 0.2) is 11.5 Å². The highest BCUT2D eigenvalue weighted by Gasteiger charge is 2.37. The van der Waals surface area contributed by atoms with Crippen molar-refractivity contribution < 1.29 is 27.1 Å². The molecule has 0 saturated heterocycles. The molecule has 1 unspecified atom stereocenters. The number of hydrogen-bond donors (Lipinski definition) is 1. The molecule has 5 nitrogen and oxygen atoms in total. The van der Waals surface area contributed by atoms with Crippen molar-refractivity contribution in [2.24, 2.45) is 10.7 Å². The van der Waals surface area contributed by atoms with Crippen LogP contribution in [0.3, 0.4) is 0 Å². The van der Waals surface area contributed by atoms with E-state index in [9.17, 15) is 17.6 Å². The zero-order valence-corrected chi connectivity index (χ0v) is 19.6. The van der Waals surface area contributed by atoms with E-state index in [0.29, 0.717) is 30.3 Å². The number of hydroxylamine groups is 2. The third-order valence-electron chi connectivity index (χ3n) is 6.63. The summed E-state index contributed by atoms with van der Waals surface area (Å²) in [5, 5.41) is 1.28. The Morgan fingerprint density at radius 3 is 2.53 bits per heavy atom. The van der Waals surface area contributed by atoms with Crippen molar-refractivity contribution in [1.82, 2.24) is 5.06 Å². The van der Waals surface area contributed by atoms with Gasteiger partial charge in [0.05, 0.1) is 12.1 Å². The molecule has 0 fully saturated rings. The number of guanidine groups is 1. The Hall–Kier alpha value is -3.75. The lowest BCUT2D eigenvalue weighted by Gasteiger charge is -2.32. The van der Waals surface area contributed by atoms with E-state index in [2.05, 4.69) is 17.1 Å². The molecule has 36 heavy (non-hydrogen) atoms. The van der Waals surface area contributed by atoms with E-state index in [1.54, 1.807) is 19.2 Å². The molecule has 1 atom stereocenters. The fraction of sp³-hybridized carbons (Fsp3) is 0.296. The second-order valence-corrected chi connectivity index (χ2v) is 9.24. The lowest BCUT2D eigenvalue weighted by Crippen LogP contribution is -2.42. The van der Waals surface area contributed by atoms with E-state index in [0.717, 1.165) is 31.4 Å². The van der Waals surface area contributed by atoms with Gasteiger partial charge in [-0.3, -0.25) is 0 Å². The number of halogens is 4. The Morgan fingerprint density at radius 1 is 0.972 bits per heavy atom. The first kappa shape index (κ1) is 24.0. The van der Waals surface area contributed by atoms with Crippen molar-refractivity contribution >= 4 is 5.96 Å². The number of nitrogens with two attached hydrogens (primary N) is 1. The highest BCUT2D eigenvalue weighted by Crippen LogP contribution is 2.40. The molecule has 9 heteroatoms. The molecular formula is C27H25F4N3O2. The van der Waals surface area contributed by atoms with Crippen LogP contribution < -0.4 is 15.3 Å². The van der Waals surface area contributed by atoms with Crippen LogP contribution in [0.25, 0.3) is 11.1 Å². The van der Waals surface area contributed by atoms with Crippen LogP contribution in [0.15, 0.2) is 65.7 Å². The first-order chi connectivity index (χ1) is 17.1. The monoisotopic (exact) mass is 499 g/mol. The molecule has 188 valence electrons. The summed E-state index contributed by atoms with van der Waals surface area (Å²) < 4.78 is 60.5. The van der Waals surface area contributed by atoms with E-state index in [-0.39, 0.29) is 17.3 Å². The second-order valence-electron chi connectivity index (χ2n) is 9.24. The van der Waals surface area contributed by atoms with Gasteiger partial charge < -0.3 is 15.3 Å². The first-order valence-corrected chi connectivity index (χ1v) is 11.6. The van der Waals surface area contributed by atoms with Gasteiger partial charge in [0.1, 0.15) is 11.4 Å². The number of rotatable bonds is 1. The topological polar surface area (TPSA) is 60.1 Å². The first-order valence-electron chi connectivity index (χ1n) is 11.6. The molecule has 1 aliphatic heterocycles. The van der Waals surface area contributed by atoms with Crippen LogP contribution in [0.5, 0.6) is 11.5 Å². The summed E-state index contributed by atoms with van der Waals surface area (Å²) in [6, 6.07) is 15.4. The molecule has 5 rings (SSSR count). The number of hydrogen-bond acceptors (Lipinski definition) is 5. The molecule has 3 aromatic rings. The smallest absolute Gasteiger partial charge is 0.416 e. The molecule has 1 spiro atoms. The van der Waals surface area contributed by atoms with Gasteiger partial charge in [-0.05, 0) is 71.8 Å². The van der Waals surface area contributed by atoms with Crippen molar-refractivity contribution in [2.75, 3.05) is 13.6 Å². The number of alkyl halides is 3. The number of aryl methyl sites for hydroxylation is 1. The SMILES string of the molecule is CN1Oc2cc(-c3cc(F)cc(C(F)(F)F)c3)ccc2OC2(CCCc3ccccc3C2)CN=C1N. The highest BCUT2D eigenvalue weighted by molar-refractivity contribution is 5.77. The van der Waals surface area contributed by atoms with Crippen LogP contribution in [-0.2, 0) is 19.0 Å². The Bertz CT molecular complexity index is 1320. The average Bonchev–Trinajstić information content (AvgIpc) is 2.99. The predicted octanol–water partition coefficient (Wildman–Crippen LogP) is 5.76. The van der Waals surface area contributed by atoms with Crippen LogP contribution in [0.2, 0.25) is 0 Å². The molecule has 0 saturated carbocycles. The van der Waals surface area contributed by atoms with E-state index in [4.69, 9.17) is 15.3 Å². The maximum absolute atomic E-state index is 14.1. The third kappa shape index (κ3) is 4.82. The molecule has 0 amide bonds. The van der Waals surface area contributed by atoms with Crippen molar-refractivity contribution in [3.63, 3.8) is 0 Å². The van der Waals surface area contributed by atoms with Gasteiger partial charge in [-0.1, -0.05) is 30.3 Å². The average molecular weight is 500 g/mol. The van der Waals surface area contributed by atoms with Crippen LogP contribution in [-0.4, -0.2) is 30.2 Å². The molecule has 1 heterocycles. The van der Waals surface area contributed by atoms with E-state index >= 15 is 0 Å². The fourth-order valence-electron chi connectivity index (χ4n) is 4.78. The van der Waals surface area contributed by atoms with Crippen LogP contribution in [0.1, 0.15) is 29.5 Å². The molecular weight excluding hydrogens is 474 g/mol. The summed E-state index contributed by atoms with van der Waals surface area (Å²) in [5.74, 6) is -0.198. The summed E-state index contributed by atoms with van der Waals surface area (Å²) in [4.78, 5) is 10.4. The Kier molecular flexibility index (Phi) is 6.02. The molecule has 3 aromatic carbocycles. The van der Waals surface area contributed by atoms with Crippen molar-refractivity contribution in [2.45, 2.75) is 37.5 Å². The molecule has 1 aliphatic carbocycles. The standard InChI is InChI=1S/C27H25F4N3O2/c1-34-25(32)33-16-26(10-4-7-17-5-2-3-6-19(17)15-26)35-23-9-8-18(13-24(23)36-34)20-11-21(27(29,30)31)14-22(28)12-20/h2-3,5-6,8-9,11-14H,4,7,10,15-16H2,1H3,(H2,32,33).